The molecule has 168 valence electrons. The maximum absolute atomic E-state index is 13.7. The summed E-state index contributed by atoms with van der Waals surface area (Å²) < 4.78 is 41.2. The lowest BCUT2D eigenvalue weighted by Gasteiger charge is -2.31. The summed E-state index contributed by atoms with van der Waals surface area (Å²) in [7, 11) is 0. The lowest BCUT2D eigenvalue weighted by molar-refractivity contribution is -0.138. The van der Waals surface area contributed by atoms with Crippen LogP contribution < -0.4 is 10.2 Å². The lowest BCUT2D eigenvalue weighted by atomic mass is 10.1. The number of hydrogen-bond donors (Lipinski definition) is 1. The average Bonchev–Trinajstić information content (AvgIpc) is 3.31. The standard InChI is InChI=1S/C22H15F3N4O2S2/c1-12(21(31)29-11-19(30)27-15-5-2-3-6-17(15)29)33-20-13(10-26)14(22(23,24)25)9-16(28-20)18-7-4-8-32-18/h2-9,12H,11H2,1H3,(H,27,30). The molecule has 3 heterocycles. The highest BCUT2D eigenvalue weighted by Crippen LogP contribution is 2.40. The predicted molar refractivity (Wildman–Crippen MR) is 120 cm³/mol. The Balaban J connectivity index is 1.71. The van der Waals surface area contributed by atoms with Crippen molar-refractivity contribution in [2.45, 2.75) is 23.4 Å². The molecule has 0 saturated carbocycles. The van der Waals surface area contributed by atoms with Crippen molar-refractivity contribution < 1.29 is 22.8 Å². The number of amides is 2. The molecule has 1 unspecified atom stereocenters. The van der Waals surface area contributed by atoms with E-state index in [0.717, 1.165) is 17.8 Å². The summed E-state index contributed by atoms with van der Waals surface area (Å²) in [5, 5.41) is 12.8. The molecule has 1 aliphatic heterocycles. The Morgan fingerprint density at radius 2 is 2.06 bits per heavy atom. The summed E-state index contributed by atoms with van der Waals surface area (Å²) in [6.07, 6.45) is -4.77. The lowest BCUT2D eigenvalue weighted by Crippen LogP contribution is -2.45. The first kappa shape index (κ1) is 22.8. The number of nitrogens with one attached hydrogen (secondary N) is 1. The van der Waals surface area contributed by atoms with Gasteiger partial charge in [0.1, 0.15) is 17.6 Å². The molecule has 0 spiro atoms. The minimum absolute atomic E-state index is 0.0705. The van der Waals surface area contributed by atoms with Crippen molar-refractivity contribution in [1.82, 2.24) is 4.98 Å². The van der Waals surface area contributed by atoms with E-state index in [9.17, 15) is 28.0 Å². The smallest absolute Gasteiger partial charge is 0.323 e. The van der Waals surface area contributed by atoms with Crippen LogP contribution in [-0.4, -0.2) is 28.6 Å². The number of benzene rings is 1. The number of nitriles is 1. The Morgan fingerprint density at radius 3 is 2.73 bits per heavy atom. The zero-order chi connectivity index (χ0) is 23.8. The van der Waals surface area contributed by atoms with Gasteiger partial charge < -0.3 is 5.32 Å². The van der Waals surface area contributed by atoms with Crippen molar-refractivity contribution in [2.24, 2.45) is 0 Å². The van der Waals surface area contributed by atoms with Crippen LogP contribution in [0.2, 0.25) is 0 Å². The molecule has 33 heavy (non-hydrogen) atoms. The molecule has 1 aliphatic rings. The van der Waals surface area contributed by atoms with Crippen LogP contribution in [0.5, 0.6) is 0 Å². The zero-order valence-electron chi connectivity index (χ0n) is 17.0. The van der Waals surface area contributed by atoms with Gasteiger partial charge in [0.25, 0.3) is 0 Å². The molecule has 2 aromatic heterocycles. The second-order valence-corrected chi connectivity index (χ2v) is 9.35. The van der Waals surface area contributed by atoms with Gasteiger partial charge in [-0.15, -0.1) is 11.3 Å². The second-order valence-electron chi connectivity index (χ2n) is 7.07. The molecule has 1 N–H and O–H groups in total. The van der Waals surface area contributed by atoms with E-state index in [1.807, 2.05) is 0 Å². The molecule has 1 aromatic carbocycles. The van der Waals surface area contributed by atoms with Crippen LogP contribution in [0.1, 0.15) is 18.1 Å². The fourth-order valence-corrected chi connectivity index (χ4v) is 5.03. The Bertz CT molecular complexity index is 1270. The van der Waals surface area contributed by atoms with E-state index >= 15 is 0 Å². The van der Waals surface area contributed by atoms with E-state index in [4.69, 9.17) is 0 Å². The molecule has 0 radical (unpaired) electrons. The maximum atomic E-state index is 13.7. The van der Waals surface area contributed by atoms with Gasteiger partial charge in [0.2, 0.25) is 11.8 Å². The van der Waals surface area contributed by atoms with Gasteiger partial charge in [0, 0.05) is 0 Å². The number of rotatable bonds is 4. The number of thioether (sulfide) groups is 1. The van der Waals surface area contributed by atoms with E-state index in [1.54, 1.807) is 47.8 Å². The van der Waals surface area contributed by atoms with Crippen molar-refractivity contribution in [3.05, 3.63) is 59.0 Å². The number of nitrogens with zero attached hydrogens (tertiary/aromatic N) is 3. The monoisotopic (exact) mass is 488 g/mol. The summed E-state index contributed by atoms with van der Waals surface area (Å²) in [4.78, 5) is 31.3. The SMILES string of the molecule is CC(Sc1nc(-c2cccs2)cc(C(F)(F)F)c1C#N)C(=O)N1CC(=O)Nc2ccccc21. The Hall–Kier alpha value is -3.36. The van der Waals surface area contributed by atoms with Gasteiger partial charge in [-0.3, -0.25) is 14.5 Å². The number of carbonyl (C=O) groups excluding carboxylic acids is 2. The van der Waals surface area contributed by atoms with E-state index in [2.05, 4.69) is 10.3 Å². The molecule has 0 saturated heterocycles. The van der Waals surface area contributed by atoms with Crippen molar-refractivity contribution in [3.8, 4) is 16.6 Å². The fraction of sp³-hybridized carbons (Fsp3) is 0.182. The number of halogens is 3. The molecular weight excluding hydrogens is 473 g/mol. The molecule has 4 rings (SSSR count). The summed E-state index contributed by atoms with van der Waals surface area (Å²) in [6, 6.07) is 12.5. The molecule has 0 aliphatic carbocycles. The molecular formula is C22H15F3N4O2S2. The number of aromatic nitrogens is 1. The van der Waals surface area contributed by atoms with Crippen molar-refractivity contribution in [2.75, 3.05) is 16.8 Å². The summed E-state index contributed by atoms with van der Waals surface area (Å²) in [5.74, 6) is -0.864. The third kappa shape index (κ3) is 4.58. The van der Waals surface area contributed by atoms with E-state index in [-0.39, 0.29) is 23.2 Å². The van der Waals surface area contributed by atoms with Crippen molar-refractivity contribution in [1.29, 1.82) is 5.26 Å². The van der Waals surface area contributed by atoms with Crippen LogP contribution in [0.15, 0.2) is 52.9 Å². The summed E-state index contributed by atoms with van der Waals surface area (Å²) >= 11 is 1.98. The molecule has 2 amide bonds. The van der Waals surface area contributed by atoms with Gasteiger partial charge in [-0.1, -0.05) is 30.0 Å². The number of para-hydroxylation sites is 2. The number of fused-ring (bicyclic) bond motifs is 1. The minimum atomic E-state index is -4.77. The number of alkyl halides is 3. The van der Waals surface area contributed by atoms with Gasteiger partial charge >= 0.3 is 6.18 Å². The quantitative estimate of drug-likeness (QED) is 0.513. The topological polar surface area (TPSA) is 86.1 Å². The van der Waals surface area contributed by atoms with Crippen LogP contribution >= 0.6 is 23.1 Å². The third-order valence-electron chi connectivity index (χ3n) is 4.85. The second kappa shape index (κ2) is 8.88. The van der Waals surface area contributed by atoms with Gasteiger partial charge in [-0.2, -0.15) is 18.4 Å². The first-order chi connectivity index (χ1) is 15.7. The molecule has 0 fully saturated rings. The first-order valence-corrected chi connectivity index (χ1v) is 11.4. The third-order valence-corrected chi connectivity index (χ3v) is 6.82. The number of thiophene rings is 1. The van der Waals surface area contributed by atoms with Crippen LogP contribution in [0.4, 0.5) is 24.5 Å². The van der Waals surface area contributed by atoms with Gasteiger partial charge in [0.05, 0.1) is 38.3 Å². The number of anilines is 2. The Kier molecular flexibility index (Phi) is 6.14. The van der Waals surface area contributed by atoms with Crippen LogP contribution in [0.25, 0.3) is 10.6 Å². The highest BCUT2D eigenvalue weighted by Gasteiger charge is 2.37. The fourth-order valence-electron chi connectivity index (χ4n) is 3.36. The van der Waals surface area contributed by atoms with Crippen LogP contribution in [0.3, 0.4) is 0 Å². The van der Waals surface area contributed by atoms with Crippen molar-refractivity contribution >= 4 is 46.3 Å². The number of carbonyl (C=O) groups is 2. The van der Waals surface area contributed by atoms with Crippen LogP contribution in [-0.2, 0) is 15.8 Å². The molecule has 11 heteroatoms. The van der Waals surface area contributed by atoms with Crippen molar-refractivity contribution in [3.63, 3.8) is 0 Å². The molecule has 3 aromatic rings. The minimum Gasteiger partial charge on any atom is -0.323 e. The predicted octanol–water partition coefficient (Wildman–Crippen LogP) is 5.17. The normalized spacial score (nSPS) is 14.3. The highest BCUT2D eigenvalue weighted by molar-refractivity contribution is 8.00. The Labute approximate surface area is 195 Å². The molecule has 6 nitrogen and oxygen atoms in total. The van der Waals surface area contributed by atoms with Gasteiger partial charge in [-0.25, -0.2) is 4.98 Å². The first-order valence-electron chi connectivity index (χ1n) is 9.62. The van der Waals surface area contributed by atoms with E-state index in [0.29, 0.717) is 16.3 Å². The Morgan fingerprint density at radius 1 is 1.30 bits per heavy atom. The largest absolute Gasteiger partial charge is 0.417 e. The number of pyridine rings is 1. The van der Waals surface area contributed by atoms with Gasteiger partial charge in [0.15, 0.2) is 0 Å². The summed E-state index contributed by atoms with van der Waals surface area (Å²) in [5.41, 5.74) is -0.709. The highest BCUT2D eigenvalue weighted by atomic mass is 32.2. The summed E-state index contributed by atoms with van der Waals surface area (Å²) in [6.45, 7) is 1.29. The van der Waals surface area contributed by atoms with E-state index < -0.39 is 28.5 Å². The van der Waals surface area contributed by atoms with Crippen LogP contribution in [0, 0.1) is 11.3 Å². The van der Waals surface area contributed by atoms with Gasteiger partial charge in [-0.05, 0) is 36.6 Å². The molecule has 1 atom stereocenters. The molecule has 0 bridgehead atoms. The average molecular weight is 489 g/mol. The number of hydrogen-bond acceptors (Lipinski definition) is 6. The van der Waals surface area contributed by atoms with E-state index in [1.165, 1.54) is 23.2 Å². The maximum Gasteiger partial charge on any atom is 0.417 e. The zero-order valence-corrected chi connectivity index (χ0v) is 18.6.